The highest BCUT2D eigenvalue weighted by Gasteiger charge is 2.36. The summed E-state index contributed by atoms with van der Waals surface area (Å²) in [6, 6.07) is 12.4. The lowest BCUT2D eigenvalue weighted by Crippen LogP contribution is -2.41. The van der Waals surface area contributed by atoms with Crippen molar-refractivity contribution in [3.8, 4) is 11.1 Å². The van der Waals surface area contributed by atoms with E-state index in [0.29, 0.717) is 34.3 Å². The maximum absolute atomic E-state index is 13.2. The van der Waals surface area contributed by atoms with Gasteiger partial charge in [0.25, 0.3) is 0 Å². The van der Waals surface area contributed by atoms with E-state index in [-0.39, 0.29) is 22.8 Å². The number of nitrogens with one attached hydrogen (secondary N) is 1. The number of aromatic nitrogens is 2. The van der Waals surface area contributed by atoms with Gasteiger partial charge >= 0.3 is 12.1 Å². The van der Waals surface area contributed by atoms with Gasteiger partial charge in [0.1, 0.15) is 0 Å². The molecule has 1 aliphatic carbocycles. The van der Waals surface area contributed by atoms with Crippen molar-refractivity contribution < 1.29 is 27.8 Å². The molecule has 3 aromatic rings. The average molecular weight is 549 g/mol. The normalized spacial score (nSPS) is 18.0. The first-order valence-electron chi connectivity index (χ1n) is 12.5. The van der Waals surface area contributed by atoms with Gasteiger partial charge in [-0.3, -0.25) is 0 Å². The molecule has 204 valence electrons. The summed E-state index contributed by atoms with van der Waals surface area (Å²) in [5.74, 6) is -1.93. The fourth-order valence-electron chi connectivity index (χ4n) is 4.91. The molecule has 0 atom stereocenters. The van der Waals surface area contributed by atoms with Crippen molar-refractivity contribution in [1.29, 1.82) is 0 Å². The third-order valence-corrected chi connectivity index (χ3v) is 7.31. The third kappa shape index (κ3) is 6.44. The maximum Gasteiger partial charge on any atom is 0.452 e. The predicted molar refractivity (Wildman–Crippen MR) is 142 cm³/mol. The smallest absolute Gasteiger partial charge is 0.452 e. The number of halogens is 3. The van der Waals surface area contributed by atoms with Crippen molar-refractivity contribution in [2.45, 2.75) is 57.9 Å². The van der Waals surface area contributed by atoms with Gasteiger partial charge < -0.3 is 20.1 Å². The summed E-state index contributed by atoms with van der Waals surface area (Å²) in [6.45, 7) is 4.99. The van der Waals surface area contributed by atoms with Crippen LogP contribution < -0.4 is 10.2 Å². The minimum atomic E-state index is -4.65. The fourth-order valence-corrected chi connectivity index (χ4v) is 5.51. The second-order valence-corrected chi connectivity index (χ2v) is 10.6. The Labute approximate surface area is 223 Å². The molecule has 0 amide bonds. The Morgan fingerprint density at radius 1 is 1.18 bits per heavy atom. The number of benzene rings is 2. The summed E-state index contributed by atoms with van der Waals surface area (Å²) < 4.78 is 48.6. The summed E-state index contributed by atoms with van der Waals surface area (Å²) in [6.07, 6.45) is -0.731. The van der Waals surface area contributed by atoms with Crippen LogP contribution >= 0.6 is 11.5 Å². The van der Waals surface area contributed by atoms with Crippen molar-refractivity contribution >= 4 is 34.0 Å². The minimum Gasteiger partial charge on any atom is -0.478 e. The molecule has 0 aliphatic heterocycles. The molecule has 0 radical (unpaired) electrons. The largest absolute Gasteiger partial charge is 0.478 e. The molecular weight excluding hydrogens is 517 g/mol. The van der Waals surface area contributed by atoms with Gasteiger partial charge in [0, 0.05) is 31.2 Å². The number of carbonyl (C=O) groups is 1. The molecule has 11 heteroatoms. The van der Waals surface area contributed by atoms with Gasteiger partial charge in [0.05, 0.1) is 23.0 Å². The number of rotatable bonds is 9. The maximum atomic E-state index is 13.2. The quantitative estimate of drug-likeness (QED) is 0.295. The zero-order valence-electron chi connectivity index (χ0n) is 21.5. The fraction of sp³-hybridized carbons (Fsp3) is 0.444. The Morgan fingerprint density at radius 3 is 2.50 bits per heavy atom. The molecule has 2 aromatic carbocycles. The van der Waals surface area contributed by atoms with E-state index in [1.54, 1.807) is 31.4 Å². The van der Waals surface area contributed by atoms with E-state index >= 15 is 0 Å². The van der Waals surface area contributed by atoms with Gasteiger partial charge in [0.2, 0.25) is 11.0 Å². The van der Waals surface area contributed by atoms with E-state index in [0.717, 1.165) is 37.9 Å². The molecule has 0 saturated heterocycles. The van der Waals surface area contributed by atoms with Crippen LogP contribution in [0.15, 0.2) is 42.5 Å². The highest BCUT2D eigenvalue weighted by atomic mass is 32.1. The molecule has 7 nitrogen and oxygen atoms in total. The lowest BCUT2D eigenvalue weighted by Gasteiger charge is -2.40. The van der Waals surface area contributed by atoms with Crippen molar-refractivity contribution in [3.05, 3.63) is 53.9 Å². The number of carboxylic acids is 1. The van der Waals surface area contributed by atoms with Crippen LogP contribution in [0.2, 0.25) is 0 Å². The molecule has 1 aromatic heterocycles. The van der Waals surface area contributed by atoms with E-state index in [9.17, 15) is 23.1 Å². The summed E-state index contributed by atoms with van der Waals surface area (Å²) >= 11 is 0.633. The van der Waals surface area contributed by atoms with Gasteiger partial charge in [0.15, 0.2) is 0 Å². The van der Waals surface area contributed by atoms with Crippen LogP contribution in [0.5, 0.6) is 0 Å². The van der Waals surface area contributed by atoms with E-state index in [2.05, 4.69) is 33.4 Å². The molecule has 0 spiro atoms. The third-order valence-electron chi connectivity index (χ3n) is 6.68. The van der Waals surface area contributed by atoms with Crippen LogP contribution in [0.1, 0.15) is 55.7 Å². The predicted octanol–water partition coefficient (Wildman–Crippen LogP) is 7.09. The van der Waals surface area contributed by atoms with Crippen LogP contribution in [0.3, 0.4) is 0 Å². The summed E-state index contributed by atoms with van der Waals surface area (Å²) in [5.41, 5.74) is 2.64. The van der Waals surface area contributed by atoms with E-state index in [4.69, 9.17) is 4.74 Å². The lowest BCUT2D eigenvalue weighted by atomic mass is 9.90. The zero-order chi connectivity index (χ0) is 27.4. The molecule has 38 heavy (non-hydrogen) atoms. The molecular formula is C27H31F3N4O3S. The van der Waals surface area contributed by atoms with E-state index in [1.165, 1.54) is 6.07 Å². The molecule has 4 rings (SSSR count). The Hall–Kier alpha value is -3.18. The first-order chi connectivity index (χ1) is 18.1. The minimum absolute atomic E-state index is 0.00910. The lowest BCUT2D eigenvalue weighted by molar-refractivity contribution is -0.144. The van der Waals surface area contributed by atoms with Gasteiger partial charge in [-0.05, 0) is 60.9 Å². The first kappa shape index (κ1) is 27.8. The monoisotopic (exact) mass is 548 g/mol. The van der Waals surface area contributed by atoms with Gasteiger partial charge in [-0.2, -0.15) is 22.5 Å². The number of aromatic carboxylic acids is 1. The number of carboxylic acid groups (broad SMARTS) is 1. The van der Waals surface area contributed by atoms with Gasteiger partial charge in [-0.25, -0.2) is 4.79 Å². The summed E-state index contributed by atoms with van der Waals surface area (Å²) in [4.78, 5) is 17.8. The van der Waals surface area contributed by atoms with Crippen LogP contribution in [0.4, 0.5) is 29.7 Å². The topological polar surface area (TPSA) is 87.6 Å². The average Bonchev–Trinajstić information content (AvgIpc) is 3.37. The van der Waals surface area contributed by atoms with Gasteiger partial charge in [-0.15, -0.1) is 0 Å². The number of anilines is 3. The number of methoxy groups -OCH3 is 1. The highest BCUT2D eigenvalue weighted by molar-refractivity contribution is 7.09. The Kier molecular flexibility index (Phi) is 8.57. The molecule has 2 N–H and O–H groups in total. The molecule has 1 heterocycles. The molecule has 0 bridgehead atoms. The highest BCUT2D eigenvalue weighted by Crippen LogP contribution is 2.39. The number of nitrogens with zero attached hydrogens (tertiary/aromatic N) is 3. The summed E-state index contributed by atoms with van der Waals surface area (Å²) in [7, 11) is 1.73. The van der Waals surface area contributed by atoms with Crippen LogP contribution in [0.25, 0.3) is 11.1 Å². The van der Waals surface area contributed by atoms with Crippen molar-refractivity contribution in [3.63, 3.8) is 0 Å². The Morgan fingerprint density at radius 2 is 1.89 bits per heavy atom. The Bertz CT molecular complexity index is 1260. The molecule has 1 saturated carbocycles. The second-order valence-electron chi connectivity index (χ2n) is 9.84. The molecule has 1 aliphatic rings. The van der Waals surface area contributed by atoms with Crippen molar-refractivity contribution in [1.82, 2.24) is 9.36 Å². The number of ether oxygens (including phenoxy) is 1. The SMILES string of the molecule is CO[C@H]1CC[C@H](N(CC(C)C)c2ccc(-c3ccccc3C(=O)O)cc2Nc2nc(C(F)(F)F)ns2)CC1. The number of alkyl halides is 3. The van der Waals surface area contributed by atoms with Crippen LogP contribution in [-0.4, -0.2) is 46.2 Å². The Balaban J connectivity index is 1.79. The standard InChI is InChI=1S/C27H31F3N4O3S/c1-16(2)15-34(18-9-11-19(37-3)12-10-18)23-13-8-17(20-6-4-5-7-21(20)24(35)36)14-22(23)31-26-32-25(33-38-26)27(28,29)30/h4-8,13-14,16,18-19H,9-12,15H2,1-3H3,(H,35,36)(H,31,32,33)/t18-,19-. The van der Waals surface area contributed by atoms with Crippen LogP contribution in [0, 0.1) is 5.92 Å². The number of hydrogen-bond acceptors (Lipinski definition) is 7. The van der Waals surface area contributed by atoms with Gasteiger partial charge in [-0.1, -0.05) is 38.1 Å². The number of hydrogen-bond donors (Lipinski definition) is 2. The first-order valence-corrected chi connectivity index (χ1v) is 13.3. The molecule has 0 unspecified atom stereocenters. The van der Waals surface area contributed by atoms with Crippen LogP contribution in [-0.2, 0) is 10.9 Å². The van der Waals surface area contributed by atoms with E-state index in [1.807, 2.05) is 12.1 Å². The zero-order valence-corrected chi connectivity index (χ0v) is 22.3. The molecule has 1 fully saturated rings. The van der Waals surface area contributed by atoms with Crippen molar-refractivity contribution in [2.75, 3.05) is 23.9 Å². The second kappa shape index (κ2) is 11.7. The summed E-state index contributed by atoms with van der Waals surface area (Å²) in [5, 5.41) is 12.8. The van der Waals surface area contributed by atoms with Crippen molar-refractivity contribution in [2.24, 2.45) is 5.92 Å². The van der Waals surface area contributed by atoms with E-state index < -0.39 is 18.0 Å².